The predicted molar refractivity (Wildman–Crippen MR) is 109 cm³/mol. The first-order valence-corrected chi connectivity index (χ1v) is 10.1. The molecular weight excluding hydrogens is 422 g/mol. The molecule has 1 saturated carbocycles. The van der Waals surface area contributed by atoms with E-state index in [0.717, 1.165) is 27.8 Å². The molecule has 0 unspecified atom stereocenters. The average molecular weight is 444 g/mol. The summed E-state index contributed by atoms with van der Waals surface area (Å²) in [6.07, 6.45) is 4.68. The van der Waals surface area contributed by atoms with E-state index in [1.807, 2.05) is 54.9 Å². The summed E-state index contributed by atoms with van der Waals surface area (Å²) in [5.74, 6) is -2.32. The molecule has 2 aromatic rings. The van der Waals surface area contributed by atoms with Gasteiger partial charge < -0.3 is 10.4 Å². The van der Waals surface area contributed by atoms with Crippen LogP contribution in [0.1, 0.15) is 23.4 Å². The molecule has 4 rings (SSSR count). The summed E-state index contributed by atoms with van der Waals surface area (Å²) in [6.45, 7) is 4.38. The first kappa shape index (κ1) is 18.9. The molecule has 2 N–H and O–H groups in total. The number of halogens is 1. The van der Waals surface area contributed by atoms with Gasteiger partial charge in [-0.1, -0.05) is 40.2 Å². The lowest BCUT2D eigenvalue weighted by molar-refractivity contribution is -0.146. The third-order valence-electron chi connectivity index (χ3n) is 5.92. The Morgan fingerprint density at radius 2 is 1.82 bits per heavy atom. The number of rotatable bonds is 5. The minimum absolute atomic E-state index is 0.00419. The van der Waals surface area contributed by atoms with Crippen LogP contribution in [0.3, 0.4) is 0 Å². The van der Waals surface area contributed by atoms with E-state index >= 15 is 0 Å². The van der Waals surface area contributed by atoms with Crippen molar-refractivity contribution < 1.29 is 14.7 Å². The van der Waals surface area contributed by atoms with Crippen LogP contribution in [0.15, 0.2) is 40.9 Å². The van der Waals surface area contributed by atoms with E-state index in [9.17, 15) is 14.7 Å². The van der Waals surface area contributed by atoms with Crippen LogP contribution in [0.25, 0.3) is 0 Å². The second kappa shape index (κ2) is 7.20. The maximum Gasteiger partial charge on any atom is 0.307 e. The highest BCUT2D eigenvalue weighted by Crippen LogP contribution is 2.48. The Bertz CT molecular complexity index is 964. The van der Waals surface area contributed by atoms with Crippen molar-refractivity contribution in [3.63, 3.8) is 0 Å². The predicted octanol–water partition coefficient (Wildman–Crippen LogP) is 3.77. The minimum atomic E-state index is -0.892. The molecule has 2 bridgehead atoms. The molecule has 1 heterocycles. The topological polar surface area (TPSA) is 84.2 Å². The second-order valence-electron chi connectivity index (χ2n) is 7.66. The molecule has 2 aliphatic carbocycles. The average Bonchev–Trinajstić information content (AvgIpc) is 3.33. The Kier molecular flexibility index (Phi) is 4.87. The Morgan fingerprint density at radius 3 is 2.46 bits per heavy atom. The molecule has 2 aliphatic rings. The highest BCUT2D eigenvalue weighted by Gasteiger charge is 2.51. The standard InChI is InChI=1S/C21H22BrN3O3/c1-11-19(12(2)25(24-11)10-13-3-7-16(22)8-4-13)23-20(26)17-14-5-6-15(9-14)18(17)21(27)28/h3-8,14-15,17-18H,9-10H2,1-2H3,(H,23,26)(H,27,28)/t14-,15-,17+,18-/m0/s1. The summed E-state index contributed by atoms with van der Waals surface area (Å²) in [7, 11) is 0. The second-order valence-corrected chi connectivity index (χ2v) is 8.57. The zero-order valence-corrected chi connectivity index (χ0v) is 17.3. The largest absolute Gasteiger partial charge is 0.481 e. The van der Waals surface area contributed by atoms with Gasteiger partial charge in [0.2, 0.25) is 5.91 Å². The molecule has 4 atom stereocenters. The summed E-state index contributed by atoms with van der Waals surface area (Å²) in [5, 5.41) is 17.1. The molecule has 6 nitrogen and oxygen atoms in total. The first-order valence-electron chi connectivity index (χ1n) is 9.35. The molecule has 146 valence electrons. The summed E-state index contributed by atoms with van der Waals surface area (Å²) >= 11 is 3.43. The molecule has 1 aromatic carbocycles. The normalized spacial score (nSPS) is 25.2. The molecule has 0 spiro atoms. The number of aryl methyl sites for hydroxylation is 1. The number of carboxylic acid groups (broad SMARTS) is 1. The van der Waals surface area contributed by atoms with Gasteiger partial charge in [0.25, 0.3) is 0 Å². The molecule has 28 heavy (non-hydrogen) atoms. The number of nitrogens with zero attached hydrogens (tertiary/aromatic N) is 2. The van der Waals surface area contributed by atoms with Crippen LogP contribution in [0.2, 0.25) is 0 Å². The number of aromatic nitrogens is 2. The minimum Gasteiger partial charge on any atom is -0.481 e. The number of hydrogen-bond donors (Lipinski definition) is 2. The molecular formula is C21H22BrN3O3. The molecule has 0 radical (unpaired) electrons. The van der Waals surface area contributed by atoms with Crippen LogP contribution < -0.4 is 5.32 Å². The van der Waals surface area contributed by atoms with Crippen LogP contribution in [-0.2, 0) is 16.1 Å². The molecule has 0 saturated heterocycles. The number of fused-ring (bicyclic) bond motifs is 2. The Balaban J connectivity index is 1.54. The van der Waals surface area contributed by atoms with Gasteiger partial charge in [0.1, 0.15) is 0 Å². The zero-order chi connectivity index (χ0) is 20.0. The van der Waals surface area contributed by atoms with Crippen molar-refractivity contribution in [3.05, 3.63) is 57.8 Å². The fraction of sp³-hybridized carbons (Fsp3) is 0.381. The van der Waals surface area contributed by atoms with Crippen molar-refractivity contribution in [3.8, 4) is 0 Å². The van der Waals surface area contributed by atoms with Gasteiger partial charge in [-0.25, -0.2) is 0 Å². The van der Waals surface area contributed by atoms with Crippen LogP contribution in [-0.4, -0.2) is 26.8 Å². The van der Waals surface area contributed by atoms with Gasteiger partial charge in [-0.2, -0.15) is 5.10 Å². The highest BCUT2D eigenvalue weighted by molar-refractivity contribution is 9.10. The molecule has 7 heteroatoms. The number of aliphatic carboxylic acids is 1. The molecule has 0 aliphatic heterocycles. The number of allylic oxidation sites excluding steroid dienone is 2. The fourth-order valence-corrected chi connectivity index (χ4v) is 4.78. The third kappa shape index (κ3) is 3.28. The summed E-state index contributed by atoms with van der Waals surface area (Å²) in [5.41, 5.74) is 3.38. The van der Waals surface area contributed by atoms with E-state index < -0.39 is 17.8 Å². The maximum absolute atomic E-state index is 13.0. The monoisotopic (exact) mass is 443 g/mol. The van der Waals surface area contributed by atoms with Crippen LogP contribution in [0.4, 0.5) is 5.69 Å². The van der Waals surface area contributed by atoms with E-state index in [0.29, 0.717) is 12.2 Å². The number of hydrogen-bond acceptors (Lipinski definition) is 3. The smallest absolute Gasteiger partial charge is 0.307 e. The maximum atomic E-state index is 13.0. The van der Waals surface area contributed by atoms with Crippen LogP contribution >= 0.6 is 15.9 Å². The van der Waals surface area contributed by atoms with E-state index in [-0.39, 0.29) is 17.7 Å². The van der Waals surface area contributed by atoms with Crippen molar-refractivity contribution in [2.24, 2.45) is 23.7 Å². The van der Waals surface area contributed by atoms with Gasteiger partial charge in [-0.3, -0.25) is 14.3 Å². The number of anilines is 1. The lowest BCUT2D eigenvalue weighted by atomic mass is 9.82. The zero-order valence-electron chi connectivity index (χ0n) is 15.7. The first-order chi connectivity index (χ1) is 13.3. The number of amides is 1. The highest BCUT2D eigenvalue weighted by atomic mass is 79.9. The van der Waals surface area contributed by atoms with E-state index in [4.69, 9.17) is 0 Å². The van der Waals surface area contributed by atoms with Gasteiger partial charge in [0.05, 0.1) is 35.5 Å². The van der Waals surface area contributed by atoms with E-state index in [1.54, 1.807) is 0 Å². The molecule has 1 amide bonds. The molecule has 1 fully saturated rings. The number of nitrogens with one attached hydrogen (secondary N) is 1. The lowest BCUT2D eigenvalue weighted by Crippen LogP contribution is -2.36. The number of benzene rings is 1. The Morgan fingerprint density at radius 1 is 1.18 bits per heavy atom. The number of carbonyl (C=O) groups is 2. The van der Waals surface area contributed by atoms with E-state index in [1.165, 1.54) is 0 Å². The lowest BCUT2D eigenvalue weighted by Gasteiger charge is -2.23. The quantitative estimate of drug-likeness (QED) is 0.688. The Hall–Kier alpha value is -2.41. The number of carbonyl (C=O) groups excluding carboxylic acids is 1. The van der Waals surface area contributed by atoms with Gasteiger partial charge in [-0.05, 0) is 49.8 Å². The number of carboxylic acids is 1. The van der Waals surface area contributed by atoms with Gasteiger partial charge in [0, 0.05) is 4.47 Å². The summed E-state index contributed by atoms with van der Waals surface area (Å²) in [6, 6.07) is 8.02. The molecule has 1 aromatic heterocycles. The van der Waals surface area contributed by atoms with Crippen LogP contribution in [0, 0.1) is 37.5 Å². The van der Waals surface area contributed by atoms with Crippen molar-refractivity contribution in [1.82, 2.24) is 9.78 Å². The van der Waals surface area contributed by atoms with Crippen molar-refractivity contribution >= 4 is 33.5 Å². The van der Waals surface area contributed by atoms with Crippen molar-refractivity contribution in [2.75, 3.05) is 5.32 Å². The SMILES string of the molecule is Cc1nn(Cc2ccc(Br)cc2)c(C)c1NC(=O)[C@H]1[C@@H](C(=O)O)[C@H]2C=C[C@H]1C2. The van der Waals surface area contributed by atoms with Crippen molar-refractivity contribution in [2.45, 2.75) is 26.8 Å². The van der Waals surface area contributed by atoms with Crippen molar-refractivity contribution in [1.29, 1.82) is 0 Å². The summed E-state index contributed by atoms with van der Waals surface area (Å²) in [4.78, 5) is 24.7. The van der Waals surface area contributed by atoms with Gasteiger partial charge >= 0.3 is 5.97 Å². The van der Waals surface area contributed by atoms with Gasteiger partial charge in [-0.15, -0.1) is 0 Å². The van der Waals surface area contributed by atoms with E-state index in [2.05, 4.69) is 26.3 Å². The van der Waals surface area contributed by atoms with Crippen LogP contribution in [0.5, 0.6) is 0 Å². The summed E-state index contributed by atoms with van der Waals surface area (Å²) < 4.78 is 2.88. The Labute approximate surface area is 171 Å². The van der Waals surface area contributed by atoms with Gasteiger partial charge in [0.15, 0.2) is 0 Å². The third-order valence-corrected chi connectivity index (χ3v) is 6.45. The fourth-order valence-electron chi connectivity index (χ4n) is 4.52.